The Morgan fingerprint density at radius 2 is 2.12 bits per heavy atom. The van der Waals surface area contributed by atoms with Gasteiger partial charge in [-0.15, -0.1) is 0 Å². The molecule has 94 valence electrons. The Balaban J connectivity index is 2.03. The van der Waals surface area contributed by atoms with Crippen molar-refractivity contribution in [3.63, 3.8) is 0 Å². The Kier molecular flexibility index (Phi) is 3.90. The van der Waals surface area contributed by atoms with Crippen LogP contribution in [-0.4, -0.2) is 26.0 Å². The first-order chi connectivity index (χ1) is 7.98. The summed E-state index contributed by atoms with van der Waals surface area (Å²) < 4.78 is 23.8. The van der Waals surface area contributed by atoms with Crippen LogP contribution in [0.3, 0.4) is 0 Å². The van der Waals surface area contributed by atoms with Crippen LogP contribution >= 0.6 is 15.9 Å². The summed E-state index contributed by atoms with van der Waals surface area (Å²) in [5.74, 6) is 0.579. The molecule has 3 nitrogen and oxygen atoms in total. The molecule has 1 heterocycles. The quantitative estimate of drug-likeness (QED) is 0.930. The van der Waals surface area contributed by atoms with Gasteiger partial charge in [0.05, 0.1) is 11.5 Å². The van der Waals surface area contributed by atoms with Gasteiger partial charge in [-0.25, -0.2) is 8.42 Å². The lowest BCUT2D eigenvalue weighted by molar-refractivity contribution is 0.484. The molecule has 5 heteroatoms. The van der Waals surface area contributed by atoms with Gasteiger partial charge in [-0.2, -0.15) is 0 Å². The number of nitrogens with one attached hydrogen (secondary N) is 1. The van der Waals surface area contributed by atoms with Gasteiger partial charge in [-0.1, -0.05) is 34.1 Å². The molecule has 1 aliphatic rings. The summed E-state index contributed by atoms with van der Waals surface area (Å²) in [5.41, 5.74) is 1.16. The zero-order valence-electron chi connectivity index (χ0n) is 9.69. The standard InChI is InChI=1S/C12H16BrNO2S/c1-9(11-4-2-3-5-12(11)13)14-10-6-7-17(15,16)8-10/h2-5,9-10,14H,6-8H2,1H3/t9-,10?/m0/s1. The number of sulfone groups is 1. The second-order valence-corrected chi connectivity index (χ2v) is 7.59. The Bertz CT molecular complexity index is 501. The molecule has 1 aromatic carbocycles. The molecule has 0 aromatic heterocycles. The highest BCUT2D eigenvalue weighted by Gasteiger charge is 2.28. The van der Waals surface area contributed by atoms with E-state index in [-0.39, 0.29) is 17.8 Å². The van der Waals surface area contributed by atoms with Gasteiger partial charge in [-0.3, -0.25) is 0 Å². The lowest BCUT2D eigenvalue weighted by atomic mass is 10.1. The van der Waals surface area contributed by atoms with Gasteiger partial charge < -0.3 is 5.32 Å². The van der Waals surface area contributed by atoms with Crippen LogP contribution in [0.1, 0.15) is 24.9 Å². The van der Waals surface area contributed by atoms with E-state index in [4.69, 9.17) is 0 Å². The van der Waals surface area contributed by atoms with Crippen LogP contribution in [0.25, 0.3) is 0 Å². The summed E-state index contributed by atoms with van der Waals surface area (Å²) in [6.45, 7) is 2.06. The molecule has 0 spiro atoms. The van der Waals surface area contributed by atoms with Crippen LogP contribution in [0.15, 0.2) is 28.7 Å². The van der Waals surface area contributed by atoms with Crippen molar-refractivity contribution >= 4 is 25.8 Å². The fraction of sp³-hybridized carbons (Fsp3) is 0.500. The minimum atomic E-state index is -2.81. The highest BCUT2D eigenvalue weighted by molar-refractivity contribution is 9.10. The third-order valence-corrected chi connectivity index (χ3v) is 5.58. The first-order valence-corrected chi connectivity index (χ1v) is 8.30. The third-order valence-electron chi connectivity index (χ3n) is 3.09. The van der Waals surface area contributed by atoms with Gasteiger partial charge in [0.25, 0.3) is 0 Å². The van der Waals surface area contributed by atoms with Crippen LogP contribution in [-0.2, 0) is 9.84 Å². The first-order valence-electron chi connectivity index (χ1n) is 5.69. The first kappa shape index (κ1) is 13.1. The van der Waals surface area contributed by atoms with Crippen molar-refractivity contribution < 1.29 is 8.42 Å². The Morgan fingerprint density at radius 1 is 1.41 bits per heavy atom. The minimum absolute atomic E-state index is 0.0853. The highest BCUT2D eigenvalue weighted by Crippen LogP contribution is 2.24. The zero-order chi connectivity index (χ0) is 12.5. The molecule has 2 rings (SSSR count). The molecule has 0 saturated carbocycles. The van der Waals surface area contributed by atoms with Crippen LogP contribution < -0.4 is 5.32 Å². The van der Waals surface area contributed by atoms with Crippen LogP contribution in [0, 0.1) is 0 Å². The second-order valence-electron chi connectivity index (χ2n) is 4.51. The molecule has 0 bridgehead atoms. The number of rotatable bonds is 3. The number of halogens is 1. The number of hydrogen-bond donors (Lipinski definition) is 1. The molecule has 1 saturated heterocycles. The van der Waals surface area contributed by atoms with Crippen LogP contribution in [0.4, 0.5) is 0 Å². The van der Waals surface area contributed by atoms with Gasteiger partial charge in [-0.05, 0) is 25.0 Å². The average Bonchev–Trinajstić information content (AvgIpc) is 2.58. The van der Waals surface area contributed by atoms with E-state index in [2.05, 4.69) is 28.2 Å². The number of benzene rings is 1. The lowest BCUT2D eigenvalue weighted by Gasteiger charge is -2.19. The Hall–Kier alpha value is -0.390. The number of hydrogen-bond acceptors (Lipinski definition) is 3. The SMILES string of the molecule is C[C@H](NC1CCS(=O)(=O)C1)c1ccccc1Br. The average molecular weight is 318 g/mol. The van der Waals surface area contributed by atoms with Crippen molar-refractivity contribution in [2.45, 2.75) is 25.4 Å². The topological polar surface area (TPSA) is 46.2 Å². The Labute approximate surface area is 111 Å². The van der Waals surface area contributed by atoms with E-state index in [0.29, 0.717) is 5.75 Å². The molecular formula is C12H16BrNO2S. The predicted molar refractivity (Wildman–Crippen MR) is 72.8 cm³/mol. The summed E-state index contributed by atoms with van der Waals surface area (Å²) in [5, 5.41) is 3.38. The molecule has 1 aromatic rings. The van der Waals surface area contributed by atoms with E-state index in [0.717, 1.165) is 16.5 Å². The molecule has 17 heavy (non-hydrogen) atoms. The maximum atomic E-state index is 11.4. The van der Waals surface area contributed by atoms with Crippen LogP contribution in [0.2, 0.25) is 0 Å². The normalized spacial score (nSPS) is 24.7. The fourth-order valence-corrected chi connectivity index (χ4v) is 4.51. The maximum absolute atomic E-state index is 11.4. The molecule has 1 fully saturated rings. The highest BCUT2D eigenvalue weighted by atomic mass is 79.9. The molecule has 0 aliphatic carbocycles. The fourth-order valence-electron chi connectivity index (χ4n) is 2.20. The summed E-state index contributed by atoms with van der Waals surface area (Å²) >= 11 is 3.51. The third kappa shape index (κ3) is 3.30. The van der Waals surface area contributed by atoms with Crippen molar-refractivity contribution in [1.82, 2.24) is 5.32 Å². The molecule has 0 radical (unpaired) electrons. The van der Waals surface area contributed by atoms with Gasteiger partial charge in [0.15, 0.2) is 9.84 Å². The van der Waals surface area contributed by atoms with Gasteiger partial charge in [0.1, 0.15) is 0 Å². The van der Waals surface area contributed by atoms with E-state index >= 15 is 0 Å². The van der Waals surface area contributed by atoms with E-state index in [1.165, 1.54) is 0 Å². The summed E-state index contributed by atoms with van der Waals surface area (Å²) in [4.78, 5) is 0. The van der Waals surface area contributed by atoms with E-state index in [1.807, 2.05) is 24.3 Å². The lowest BCUT2D eigenvalue weighted by Crippen LogP contribution is -2.32. The maximum Gasteiger partial charge on any atom is 0.151 e. The van der Waals surface area contributed by atoms with Gasteiger partial charge in [0.2, 0.25) is 0 Å². The predicted octanol–water partition coefficient (Wildman–Crippen LogP) is 2.29. The molecule has 1 aliphatic heterocycles. The summed E-state index contributed by atoms with van der Waals surface area (Å²) in [7, 11) is -2.81. The van der Waals surface area contributed by atoms with E-state index in [9.17, 15) is 8.42 Å². The molecule has 1 N–H and O–H groups in total. The van der Waals surface area contributed by atoms with Crippen molar-refractivity contribution in [2.75, 3.05) is 11.5 Å². The Morgan fingerprint density at radius 3 is 2.71 bits per heavy atom. The molecule has 2 atom stereocenters. The van der Waals surface area contributed by atoms with Crippen molar-refractivity contribution in [2.24, 2.45) is 0 Å². The molecule has 1 unspecified atom stereocenters. The monoisotopic (exact) mass is 317 g/mol. The van der Waals surface area contributed by atoms with E-state index < -0.39 is 9.84 Å². The largest absolute Gasteiger partial charge is 0.306 e. The van der Waals surface area contributed by atoms with Crippen molar-refractivity contribution in [3.05, 3.63) is 34.3 Å². The molecular weight excluding hydrogens is 302 g/mol. The van der Waals surface area contributed by atoms with E-state index in [1.54, 1.807) is 0 Å². The van der Waals surface area contributed by atoms with Crippen LogP contribution in [0.5, 0.6) is 0 Å². The van der Waals surface area contributed by atoms with Crippen molar-refractivity contribution in [1.29, 1.82) is 0 Å². The van der Waals surface area contributed by atoms with Gasteiger partial charge >= 0.3 is 0 Å². The second kappa shape index (κ2) is 5.08. The minimum Gasteiger partial charge on any atom is -0.306 e. The summed E-state index contributed by atoms with van der Waals surface area (Å²) in [6.07, 6.45) is 0.719. The van der Waals surface area contributed by atoms with Gasteiger partial charge in [0, 0.05) is 16.6 Å². The smallest absolute Gasteiger partial charge is 0.151 e. The van der Waals surface area contributed by atoms with Crippen molar-refractivity contribution in [3.8, 4) is 0 Å². The summed E-state index contributed by atoms with van der Waals surface area (Å²) in [6, 6.07) is 8.25. The zero-order valence-corrected chi connectivity index (χ0v) is 12.1. The molecule has 0 amide bonds.